The summed E-state index contributed by atoms with van der Waals surface area (Å²) in [7, 11) is 0. The Bertz CT molecular complexity index is 860. The van der Waals surface area contributed by atoms with E-state index in [1.807, 2.05) is 35.9 Å². The minimum Gasteiger partial charge on any atom is -0.475 e. The lowest BCUT2D eigenvalue weighted by Gasteiger charge is -2.24. The molecule has 0 bridgehead atoms. The maximum atomic E-state index is 10.6. The molecule has 0 amide bonds. The fourth-order valence-electron chi connectivity index (χ4n) is 2.44. The van der Waals surface area contributed by atoms with E-state index in [1.54, 1.807) is 0 Å². The van der Waals surface area contributed by atoms with Gasteiger partial charge in [-0.25, -0.2) is 9.48 Å². The van der Waals surface area contributed by atoms with Crippen LogP contribution in [0.25, 0.3) is 0 Å². The van der Waals surface area contributed by atoms with Crippen molar-refractivity contribution in [1.29, 1.82) is 5.26 Å². The molecule has 1 aromatic heterocycles. The highest BCUT2D eigenvalue weighted by molar-refractivity contribution is 5.73. The third-order valence-electron chi connectivity index (χ3n) is 3.86. The Morgan fingerprint density at radius 1 is 1.50 bits per heavy atom. The highest BCUT2D eigenvalue weighted by Gasteiger charge is 2.38. The van der Waals surface area contributed by atoms with Gasteiger partial charge >= 0.3 is 12.1 Å². The zero-order valence-electron chi connectivity index (χ0n) is 14.9. The Morgan fingerprint density at radius 3 is 2.86 bits per heavy atom. The number of fused-ring (bicyclic) bond motifs is 1. The van der Waals surface area contributed by atoms with E-state index in [1.165, 1.54) is 0 Å². The van der Waals surface area contributed by atoms with Crippen LogP contribution in [-0.2, 0) is 29.2 Å². The summed E-state index contributed by atoms with van der Waals surface area (Å²) in [6, 6.07) is 9.76. The van der Waals surface area contributed by atoms with Gasteiger partial charge in [0.1, 0.15) is 0 Å². The molecule has 0 radical (unpaired) electrons. The number of ether oxygens (including phenoxy) is 1. The van der Waals surface area contributed by atoms with Crippen molar-refractivity contribution in [3.05, 3.63) is 46.8 Å². The molecule has 0 aliphatic carbocycles. The number of hydrogen-bond acceptors (Lipinski definition) is 6. The lowest BCUT2D eigenvalue weighted by Crippen LogP contribution is -2.36. The first-order valence-electron chi connectivity index (χ1n) is 8.21. The quantitative estimate of drug-likeness (QED) is 0.809. The number of aliphatic carboxylic acids is 1. The summed E-state index contributed by atoms with van der Waals surface area (Å²) in [5.41, 5.74) is 3.79. The maximum absolute atomic E-state index is 10.6. The SMILES string of the molecule is Cc1nnn2c1COC(CNCc1cccc(C#N)c1)C2.O=C(O)C(F)(F)F. The Morgan fingerprint density at radius 2 is 2.21 bits per heavy atom. The van der Waals surface area contributed by atoms with E-state index in [0.29, 0.717) is 12.2 Å². The van der Waals surface area contributed by atoms with E-state index in [9.17, 15) is 13.2 Å². The van der Waals surface area contributed by atoms with Crippen LogP contribution in [0.4, 0.5) is 13.2 Å². The Labute approximate surface area is 158 Å². The molecular weight excluding hydrogens is 379 g/mol. The first-order valence-corrected chi connectivity index (χ1v) is 8.21. The molecule has 1 aromatic carbocycles. The first-order chi connectivity index (χ1) is 13.2. The largest absolute Gasteiger partial charge is 0.490 e. The molecule has 28 heavy (non-hydrogen) atoms. The zero-order chi connectivity index (χ0) is 20.7. The van der Waals surface area contributed by atoms with E-state index in [4.69, 9.17) is 19.9 Å². The van der Waals surface area contributed by atoms with Gasteiger partial charge < -0.3 is 15.2 Å². The van der Waals surface area contributed by atoms with Gasteiger partial charge in [0.05, 0.1) is 42.3 Å². The molecule has 0 fully saturated rings. The van der Waals surface area contributed by atoms with Crippen LogP contribution in [0.1, 0.15) is 22.5 Å². The van der Waals surface area contributed by atoms with E-state index in [2.05, 4.69) is 21.7 Å². The van der Waals surface area contributed by atoms with Gasteiger partial charge in [-0.3, -0.25) is 0 Å². The molecule has 2 N–H and O–H groups in total. The molecule has 0 saturated carbocycles. The van der Waals surface area contributed by atoms with Crippen LogP contribution >= 0.6 is 0 Å². The van der Waals surface area contributed by atoms with Gasteiger partial charge in [0.2, 0.25) is 0 Å². The van der Waals surface area contributed by atoms with Gasteiger partial charge in [-0.15, -0.1) is 5.10 Å². The summed E-state index contributed by atoms with van der Waals surface area (Å²) in [6.45, 7) is 4.70. The number of carbonyl (C=O) groups is 1. The number of nitriles is 1. The summed E-state index contributed by atoms with van der Waals surface area (Å²) >= 11 is 0. The van der Waals surface area contributed by atoms with Crippen molar-refractivity contribution >= 4 is 5.97 Å². The molecule has 3 rings (SSSR count). The third kappa shape index (κ3) is 6.04. The van der Waals surface area contributed by atoms with Crippen LogP contribution in [0.2, 0.25) is 0 Å². The van der Waals surface area contributed by atoms with Gasteiger partial charge in [0, 0.05) is 13.1 Å². The number of hydrogen-bond donors (Lipinski definition) is 2. The predicted octanol–water partition coefficient (Wildman–Crippen LogP) is 1.78. The number of nitrogens with one attached hydrogen (secondary N) is 1. The number of halogens is 3. The van der Waals surface area contributed by atoms with Gasteiger partial charge in [-0.1, -0.05) is 17.3 Å². The van der Waals surface area contributed by atoms with Crippen LogP contribution in [-0.4, -0.2) is 44.9 Å². The van der Waals surface area contributed by atoms with Gasteiger partial charge in [-0.05, 0) is 24.6 Å². The van der Waals surface area contributed by atoms with Gasteiger partial charge in [0.15, 0.2) is 0 Å². The second-order valence-electron chi connectivity index (χ2n) is 5.98. The second kappa shape index (κ2) is 9.29. The number of aromatic nitrogens is 3. The monoisotopic (exact) mass is 397 g/mol. The van der Waals surface area contributed by atoms with E-state index in [0.717, 1.165) is 36.6 Å². The highest BCUT2D eigenvalue weighted by Crippen LogP contribution is 2.15. The number of carboxylic acids is 1. The fourth-order valence-corrected chi connectivity index (χ4v) is 2.44. The number of carboxylic acid groups (broad SMARTS) is 1. The van der Waals surface area contributed by atoms with Crippen molar-refractivity contribution in [3.8, 4) is 6.07 Å². The number of alkyl halides is 3. The molecule has 1 unspecified atom stereocenters. The lowest BCUT2D eigenvalue weighted by atomic mass is 10.1. The van der Waals surface area contributed by atoms with Crippen LogP contribution < -0.4 is 5.32 Å². The molecule has 8 nitrogen and oxygen atoms in total. The Hall–Kier alpha value is -2.97. The summed E-state index contributed by atoms with van der Waals surface area (Å²) in [5, 5.41) is 27.5. The number of aryl methyl sites for hydroxylation is 1. The maximum Gasteiger partial charge on any atom is 0.490 e. The van der Waals surface area contributed by atoms with Crippen LogP contribution in [0, 0.1) is 18.3 Å². The number of benzene rings is 1. The number of nitrogens with zero attached hydrogens (tertiary/aromatic N) is 4. The standard InChI is InChI=1S/C15H17N5O.C2HF3O2/c1-11-15-10-21-14(9-20(15)19-18-11)8-17-7-13-4-2-3-12(5-13)6-16;3-2(4,5)1(6)7/h2-5,14,17H,7-10H2,1H3;(H,6,7). The van der Waals surface area contributed by atoms with Crippen LogP contribution in [0.5, 0.6) is 0 Å². The summed E-state index contributed by atoms with van der Waals surface area (Å²) in [5.74, 6) is -2.76. The summed E-state index contributed by atoms with van der Waals surface area (Å²) < 4.78 is 39.5. The molecular formula is C17H18F3N5O3. The smallest absolute Gasteiger partial charge is 0.475 e. The van der Waals surface area contributed by atoms with E-state index < -0.39 is 12.1 Å². The molecule has 1 aliphatic rings. The van der Waals surface area contributed by atoms with E-state index >= 15 is 0 Å². The van der Waals surface area contributed by atoms with Crippen molar-refractivity contribution in [2.24, 2.45) is 0 Å². The second-order valence-corrected chi connectivity index (χ2v) is 5.98. The Balaban J connectivity index is 0.000000345. The van der Waals surface area contributed by atoms with Crippen molar-refractivity contribution in [1.82, 2.24) is 20.3 Å². The summed E-state index contributed by atoms with van der Waals surface area (Å²) in [4.78, 5) is 8.90. The van der Waals surface area contributed by atoms with Gasteiger partial charge in [0.25, 0.3) is 0 Å². The molecule has 0 saturated heterocycles. The topological polar surface area (TPSA) is 113 Å². The van der Waals surface area contributed by atoms with Crippen molar-refractivity contribution in [2.75, 3.05) is 6.54 Å². The zero-order valence-corrected chi connectivity index (χ0v) is 14.9. The molecule has 0 spiro atoms. The average molecular weight is 397 g/mol. The minimum absolute atomic E-state index is 0.0951. The third-order valence-corrected chi connectivity index (χ3v) is 3.86. The molecule has 1 aliphatic heterocycles. The molecule has 1 atom stereocenters. The first kappa shape index (κ1) is 21.3. The fraction of sp³-hybridized carbons (Fsp3) is 0.412. The molecule has 2 aromatic rings. The molecule has 2 heterocycles. The van der Waals surface area contributed by atoms with Crippen molar-refractivity contribution in [3.63, 3.8) is 0 Å². The van der Waals surface area contributed by atoms with Gasteiger partial charge in [-0.2, -0.15) is 18.4 Å². The normalized spacial score (nSPS) is 15.8. The van der Waals surface area contributed by atoms with Crippen molar-refractivity contribution < 1.29 is 27.8 Å². The van der Waals surface area contributed by atoms with Crippen LogP contribution in [0.3, 0.4) is 0 Å². The molecule has 150 valence electrons. The summed E-state index contributed by atoms with van der Waals surface area (Å²) in [6.07, 6.45) is -4.99. The predicted molar refractivity (Wildman–Crippen MR) is 89.9 cm³/mol. The Kier molecular flexibility index (Phi) is 7.08. The number of rotatable bonds is 4. The van der Waals surface area contributed by atoms with Crippen LogP contribution in [0.15, 0.2) is 24.3 Å². The lowest BCUT2D eigenvalue weighted by molar-refractivity contribution is -0.192. The highest BCUT2D eigenvalue weighted by atomic mass is 19.4. The molecule has 11 heteroatoms. The van der Waals surface area contributed by atoms with E-state index in [-0.39, 0.29) is 6.10 Å². The average Bonchev–Trinajstić information content (AvgIpc) is 3.02. The minimum atomic E-state index is -5.08. The van der Waals surface area contributed by atoms with Crippen molar-refractivity contribution in [2.45, 2.75) is 38.9 Å².